The maximum atomic E-state index is 6.05. The predicted octanol–water partition coefficient (Wildman–Crippen LogP) is 2.61. The van der Waals surface area contributed by atoms with Gasteiger partial charge in [0.15, 0.2) is 0 Å². The van der Waals surface area contributed by atoms with Gasteiger partial charge in [-0.25, -0.2) is 4.98 Å². The van der Waals surface area contributed by atoms with Crippen LogP contribution in [0.15, 0.2) is 30.7 Å². The largest absolute Gasteiger partial charge is 0.368 e. The first-order chi connectivity index (χ1) is 9.29. The van der Waals surface area contributed by atoms with E-state index < -0.39 is 0 Å². The summed E-state index contributed by atoms with van der Waals surface area (Å²) in [6, 6.07) is 3.97. The molecule has 0 spiro atoms. The fourth-order valence-electron chi connectivity index (χ4n) is 1.61. The van der Waals surface area contributed by atoms with E-state index in [0.717, 1.165) is 19.5 Å². The summed E-state index contributed by atoms with van der Waals surface area (Å²) in [5.41, 5.74) is 1.17. The van der Waals surface area contributed by atoms with Gasteiger partial charge in [0.2, 0.25) is 5.95 Å². The topological polar surface area (TPSA) is 62.7 Å². The highest BCUT2D eigenvalue weighted by Gasteiger charge is 2.04. The van der Waals surface area contributed by atoms with Crippen molar-refractivity contribution in [3.63, 3.8) is 0 Å². The molecule has 6 heteroatoms. The van der Waals surface area contributed by atoms with Crippen molar-refractivity contribution in [1.82, 2.24) is 15.0 Å². The number of halogens is 1. The molecule has 5 nitrogen and oxygen atoms in total. The van der Waals surface area contributed by atoms with Crippen LogP contribution in [-0.4, -0.2) is 28.0 Å². The van der Waals surface area contributed by atoms with Crippen LogP contribution in [0, 0.1) is 0 Å². The van der Waals surface area contributed by atoms with Crippen molar-refractivity contribution in [3.05, 3.63) is 41.3 Å². The lowest BCUT2D eigenvalue weighted by Gasteiger charge is -2.09. The molecule has 0 aliphatic carbocycles. The van der Waals surface area contributed by atoms with Crippen molar-refractivity contribution in [3.8, 4) is 0 Å². The number of nitrogens with one attached hydrogen (secondary N) is 2. The van der Waals surface area contributed by atoms with Crippen LogP contribution in [0.4, 0.5) is 11.8 Å². The van der Waals surface area contributed by atoms with E-state index in [0.29, 0.717) is 16.8 Å². The van der Waals surface area contributed by atoms with Crippen molar-refractivity contribution in [2.75, 3.05) is 23.7 Å². The molecule has 0 atom stereocenters. The van der Waals surface area contributed by atoms with Gasteiger partial charge in [-0.15, -0.1) is 0 Å². The fraction of sp³-hybridized carbons (Fsp3) is 0.308. The van der Waals surface area contributed by atoms with E-state index in [-0.39, 0.29) is 0 Å². The van der Waals surface area contributed by atoms with Crippen LogP contribution >= 0.6 is 11.6 Å². The normalized spacial score (nSPS) is 10.2. The lowest BCUT2D eigenvalue weighted by molar-refractivity contribution is 0.985. The summed E-state index contributed by atoms with van der Waals surface area (Å²) in [5.74, 6) is 1.23. The molecule has 0 saturated heterocycles. The Bertz CT molecular complexity index is 518. The average molecular weight is 278 g/mol. The molecule has 2 heterocycles. The summed E-state index contributed by atoms with van der Waals surface area (Å²) in [5, 5.41) is 6.78. The molecule has 0 unspecified atom stereocenters. The van der Waals surface area contributed by atoms with Crippen molar-refractivity contribution in [2.24, 2.45) is 0 Å². The van der Waals surface area contributed by atoms with Crippen LogP contribution < -0.4 is 10.6 Å². The molecular formula is C13H16ClN5. The highest BCUT2D eigenvalue weighted by molar-refractivity contribution is 6.32. The zero-order valence-corrected chi connectivity index (χ0v) is 11.5. The molecule has 2 N–H and O–H groups in total. The first-order valence-electron chi connectivity index (χ1n) is 6.18. The van der Waals surface area contributed by atoms with Gasteiger partial charge in [-0.3, -0.25) is 4.98 Å². The number of anilines is 2. The second kappa shape index (κ2) is 6.89. The molecule has 0 aliphatic heterocycles. The van der Waals surface area contributed by atoms with Crippen LogP contribution in [0.2, 0.25) is 5.02 Å². The minimum Gasteiger partial charge on any atom is -0.368 e. The van der Waals surface area contributed by atoms with Gasteiger partial charge in [0.1, 0.15) is 10.8 Å². The zero-order chi connectivity index (χ0) is 13.5. The maximum Gasteiger partial charge on any atom is 0.224 e. The average Bonchev–Trinajstić information content (AvgIpc) is 2.44. The summed E-state index contributed by atoms with van der Waals surface area (Å²) in [4.78, 5) is 12.5. The summed E-state index contributed by atoms with van der Waals surface area (Å²) in [7, 11) is 0. The molecule has 0 radical (unpaired) electrons. The molecule has 0 saturated carbocycles. The lowest BCUT2D eigenvalue weighted by atomic mass is 10.2. The molecule has 0 bridgehead atoms. The molecule has 100 valence electrons. The van der Waals surface area contributed by atoms with Crippen LogP contribution in [0.1, 0.15) is 12.5 Å². The van der Waals surface area contributed by atoms with E-state index in [9.17, 15) is 0 Å². The number of hydrogen-bond donors (Lipinski definition) is 2. The summed E-state index contributed by atoms with van der Waals surface area (Å²) >= 11 is 6.05. The van der Waals surface area contributed by atoms with Gasteiger partial charge in [-0.05, 0) is 25.0 Å². The number of nitrogens with zero attached hydrogens (tertiary/aromatic N) is 3. The van der Waals surface area contributed by atoms with Gasteiger partial charge in [-0.1, -0.05) is 17.7 Å². The highest BCUT2D eigenvalue weighted by atomic mass is 35.5. The van der Waals surface area contributed by atoms with Gasteiger partial charge in [-0.2, -0.15) is 4.98 Å². The number of hydrogen-bond acceptors (Lipinski definition) is 5. The number of aromatic nitrogens is 3. The van der Waals surface area contributed by atoms with Gasteiger partial charge >= 0.3 is 0 Å². The highest BCUT2D eigenvalue weighted by Crippen LogP contribution is 2.19. The van der Waals surface area contributed by atoms with E-state index in [2.05, 4.69) is 25.6 Å². The predicted molar refractivity (Wildman–Crippen MR) is 77.6 cm³/mol. The third-order valence-electron chi connectivity index (χ3n) is 2.51. The Kier molecular flexibility index (Phi) is 4.92. The third-order valence-corrected chi connectivity index (χ3v) is 2.78. The molecule has 2 aromatic rings. The molecule has 2 aromatic heterocycles. The summed E-state index contributed by atoms with van der Waals surface area (Å²) in [6.07, 6.45) is 6.08. The van der Waals surface area contributed by atoms with Crippen LogP contribution in [0.25, 0.3) is 0 Å². The Morgan fingerprint density at radius 2 is 2.16 bits per heavy atom. The molecule has 2 rings (SSSR count). The van der Waals surface area contributed by atoms with Crippen molar-refractivity contribution in [1.29, 1.82) is 0 Å². The van der Waals surface area contributed by atoms with Crippen LogP contribution in [-0.2, 0) is 6.42 Å². The number of rotatable bonds is 6. The van der Waals surface area contributed by atoms with Crippen LogP contribution in [0.3, 0.4) is 0 Å². The van der Waals surface area contributed by atoms with Gasteiger partial charge in [0, 0.05) is 25.5 Å². The monoisotopic (exact) mass is 277 g/mol. The van der Waals surface area contributed by atoms with Gasteiger partial charge in [0.05, 0.1) is 6.20 Å². The Hall–Kier alpha value is -1.88. The SMILES string of the molecule is CCNc1ncc(Cl)c(NCCc2cccnc2)n1. The zero-order valence-electron chi connectivity index (χ0n) is 10.7. The second-order valence-corrected chi connectivity index (χ2v) is 4.37. The number of pyridine rings is 1. The Morgan fingerprint density at radius 3 is 2.89 bits per heavy atom. The summed E-state index contributed by atoms with van der Waals surface area (Å²) in [6.45, 7) is 3.51. The molecule has 19 heavy (non-hydrogen) atoms. The van der Waals surface area contributed by atoms with Gasteiger partial charge < -0.3 is 10.6 Å². The summed E-state index contributed by atoms with van der Waals surface area (Å²) < 4.78 is 0. The van der Waals surface area contributed by atoms with Crippen molar-refractivity contribution >= 4 is 23.4 Å². The minimum atomic E-state index is 0.521. The molecular weight excluding hydrogens is 262 g/mol. The van der Waals surface area contributed by atoms with Crippen molar-refractivity contribution in [2.45, 2.75) is 13.3 Å². The quantitative estimate of drug-likeness (QED) is 0.850. The molecule has 0 aromatic carbocycles. The lowest BCUT2D eigenvalue weighted by Crippen LogP contribution is -2.09. The van der Waals surface area contributed by atoms with Crippen molar-refractivity contribution < 1.29 is 0 Å². The molecule has 0 fully saturated rings. The van der Waals surface area contributed by atoms with E-state index in [4.69, 9.17) is 11.6 Å². The van der Waals surface area contributed by atoms with Crippen LogP contribution in [0.5, 0.6) is 0 Å². The van der Waals surface area contributed by atoms with E-state index in [1.54, 1.807) is 12.4 Å². The molecule has 0 amide bonds. The Labute approximate surface area is 117 Å². The van der Waals surface area contributed by atoms with E-state index in [1.807, 2.05) is 25.3 Å². The van der Waals surface area contributed by atoms with Gasteiger partial charge in [0.25, 0.3) is 0 Å². The fourth-order valence-corrected chi connectivity index (χ4v) is 1.76. The van der Waals surface area contributed by atoms with E-state index in [1.165, 1.54) is 5.56 Å². The maximum absolute atomic E-state index is 6.05. The third kappa shape index (κ3) is 4.06. The standard InChI is InChI=1S/C13H16ClN5/c1-2-16-13-18-9-11(14)12(19-13)17-7-5-10-4-3-6-15-8-10/h3-4,6,8-9H,2,5,7H2,1H3,(H2,16,17,18,19). The first-order valence-corrected chi connectivity index (χ1v) is 6.56. The first kappa shape index (κ1) is 13.5. The van der Waals surface area contributed by atoms with E-state index >= 15 is 0 Å². The molecule has 0 aliphatic rings. The second-order valence-electron chi connectivity index (χ2n) is 3.96. The minimum absolute atomic E-state index is 0.521. The smallest absolute Gasteiger partial charge is 0.224 e. The Balaban J connectivity index is 1.93. The Morgan fingerprint density at radius 1 is 1.26 bits per heavy atom.